The number of halogens is 2. The molecule has 1 aromatic carbocycles. The molecule has 1 aliphatic rings. The number of piperazine rings is 1. The predicted molar refractivity (Wildman–Crippen MR) is 108 cm³/mol. The number of pyridine rings is 1. The summed E-state index contributed by atoms with van der Waals surface area (Å²) in [5.74, 6) is 1.91. The largest absolute Gasteiger partial charge is 0.493 e. The summed E-state index contributed by atoms with van der Waals surface area (Å²) in [7, 11) is 4.57. The van der Waals surface area contributed by atoms with Gasteiger partial charge in [-0.2, -0.15) is 0 Å². The smallest absolute Gasteiger partial charge is 0.254 e. The molecule has 0 aliphatic carbocycles. The molecule has 0 atom stereocenters. The third-order valence-electron chi connectivity index (χ3n) is 4.57. The SMILES string of the molecule is COc1cc(C(=O)N2CCN(c3ncc(Cl)cc3Cl)CC2)cc(OC)c1OC. The number of methoxy groups -OCH3 is 3. The molecule has 3 rings (SSSR count). The van der Waals surface area contributed by atoms with Crippen LogP contribution >= 0.6 is 23.2 Å². The van der Waals surface area contributed by atoms with E-state index in [1.165, 1.54) is 21.3 Å². The summed E-state index contributed by atoms with van der Waals surface area (Å²) in [6.07, 6.45) is 1.57. The van der Waals surface area contributed by atoms with Crippen LogP contribution in [0.1, 0.15) is 10.4 Å². The number of carbonyl (C=O) groups excluding carboxylic acids is 1. The molecular weight excluding hydrogens is 405 g/mol. The lowest BCUT2D eigenvalue weighted by atomic mass is 10.1. The van der Waals surface area contributed by atoms with Crippen molar-refractivity contribution < 1.29 is 19.0 Å². The van der Waals surface area contributed by atoms with Crippen molar-refractivity contribution in [3.63, 3.8) is 0 Å². The minimum atomic E-state index is -0.103. The van der Waals surface area contributed by atoms with Crippen LogP contribution in [0.5, 0.6) is 17.2 Å². The van der Waals surface area contributed by atoms with E-state index in [2.05, 4.69) is 4.98 Å². The first-order valence-electron chi connectivity index (χ1n) is 8.63. The molecule has 1 aromatic heterocycles. The number of hydrogen-bond donors (Lipinski definition) is 0. The van der Waals surface area contributed by atoms with Gasteiger partial charge in [0.2, 0.25) is 5.75 Å². The number of rotatable bonds is 5. The molecule has 0 radical (unpaired) electrons. The van der Waals surface area contributed by atoms with Crippen LogP contribution < -0.4 is 19.1 Å². The van der Waals surface area contributed by atoms with Crippen molar-refractivity contribution in [3.05, 3.63) is 40.0 Å². The van der Waals surface area contributed by atoms with E-state index in [-0.39, 0.29) is 5.91 Å². The first kappa shape index (κ1) is 20.4. The van der Waals surface area contributed by atoms with E-state index in [1.807, 2.05) is 4.90 Å². The maximum Gasteiger partial charge on any atom is 0.254 e. The zero-order valence-electron chi connectivity index (χ0n) is 15.9. The van der Waals surface area contributed by atoms with Crippen LogP contribution in [0, 0.1) is 0 Å². The standard InChI is InChI=1S/C19H21Cl2N3O4/c1-26-15-8-12(9-16(27-2)17(15)28-3)19(25)24-6-4-23(5-7-24)18-14(21)10-13(20)11-22-18/h8-11H,4-7H2,1-3H3. The predicted octanol–water partition coefficient (Wildman–Crippen LogP) is 3.38. The lowest BCUT2D eigenvalue weighted by Gasteiger charge is -2.35. The van der Waals surface area contributed by atoms with E-state index in [9.17, 15) is 4.79 Å². The average Bonchev–Trinajstić information content (AvgIpc) is 2.72. The summed E-state index contributed by atoms with van der Waals surface area (Å²) in [6, 6.07) is 4.99. The van der Waals surface area contributed by atoms with Gasteiger partial charge >= 0.3 is 0 Å². The Kier molecular flexibility index (Phi) is 6.36. The van der Waals surface area contributed by atoms with E-state index in [0.717, 1.165) is 0 Å². The number of amides is 1. The molecule has 1 saturated heterocycles. The molecule has 2 heterocycles. The zero-order chi connectivity index (χ0) is 20.3. The highest BCUT2D eigenvalue weighted by molar-refractivity contribution is 6.36. The highest BCUT2D eigenvalue weighted by atomic mass is 35.5. The number of nitrogens with zero attached hydrogens (tertiary/aromatic N) is 3. The first-order chi connectivity index (χ1) is 13.5. The lowest BCUT2D eigenvalue weighted by Crippen LogP contribution is -2.49. The molecule has 0 unspecified atom stereocenters. The molecule has 9 heteroatoms. The fourth-order valence-electron chi connectivity index (χ4n) is 3.15. The molecule has 150 valence electrons. The van der Waals surface area contributed by atoms with E-state index >= 15 is 0 Å². The normalized spacial score (nSPS) is 14.0. The molecule has 0 bridgehead atoms. The average molecular weight is 426 g/mol. The van der Waals surface area contributed by atoms with E-state index in [4.69, 9.17) is 37.4 Å². The molecule has 7 nitrogen and oxygen atoms in total. The van der Waals surface area contributed by atoms with Crippen molar-refractivity contribution in [2.75, 3.05) is 52.4 Å². The second-order valence-corrected chi connectivity index (χ2v) is 7.00. The number of carbonyl (C=O) groups is 1. The van der Waals surface area contributed by atoms with Gasteiger partial charge < -0.3 is 24.0 Å². The summed E-state index contributed by atoms with van der Waals surface area (Å²) in [5, 5.41) is 0.988. The van der Waals surface area contributed by atoms with Gasteiger partial charge in [0.15, 0.2) is 11.5 Å². The lowest BCUT2D eigenvalue weighted by molar-refractivity contribution is 0.0745. The van der Waals surface area contributed by atoms with E-state index in [0.29, 0.717) is 64.9 Å². The van der Waals surface area contributed by atoms with Gasteiger partial charge in [-0.25, -0.2) is 4.98 Å². The molecule has 1 aliphatic heterocycles. The Morgan fingerprint density at radius 2 is 1.57 bits per heavy atom. The molecule has 0 spiro atoms. The molecule has 28 heavy (non-hydrogen) atoms. The highest BCUT2D eigenvalue weighted by Crippen LogP contribution is 2.38. The van der Waals surface area contributed by atoms with E-state index < -0.39 is 0 Å². The van der Waals surface area contributed by atoms with Gasteiger partial charge in [0, 0.05) is 37.9 Å². The van der Waals surface area contributed by atoms with Crippen molar-refractivity contribution in [1.29, 1.82) is 0 Å². The van der Waals surface area contributed by atoms with Crippen molar-refractivity contribution in [2.45, 2.75) is 0 Å². The summed E-state index contributed by atoms with van der Waals surface area (Å²) >= 11 is 12.2. The highest BCUT2D eigenvalue weighted by Gasteiger charge is 2.26. The topological polar surface area (TPSA) is 64.1 Å². The van der Waals surface area contributed by atoms with Gasteiger partial charge in [-0.1, -0.05) is 23.2 Å². The van der Waals surface area contributed by atoms with Crippen molar-refractivity contribution >= 4 is 34.9 Å². The molecule has 0 N–H and O–H groups in total. The van der Waals surface area contributed by atoms with Crippen molar-refractivity contribution in [2.24, 2.45) is 0 Å². The fourth-order valence-corrected chi connectivity index (χ4v) is 3.65. The molecule has 0 saturated carbocycles. The minimum absolute atomic E-state index is 0.103. The summed E-state index contributed by atoms with van der Waals surface area (Å²) in [6.45, 7) is 2.31. The summed E-state index contributed by atoms with van der Waals surface area (Å²) in [5.41, 5.74) is 0.477. The Morgan fingerprint density at radius 3 is 2.07 bits per heavy atom. The Morgan fingerprint density at radius 1 is 0.964 bits per heavy atom. The maximum atomic E-state index is 13.0. The van der Waals surface area contributed by atoms with Crippen LogP contribution in [0.3, 0.4) is 0 Å². The number of benzene rings is 1. The summed E-state index contributed by atoms with van der Waals surface area (Å²) in [4.78, 5) is 21.1. The van der Waals surface area contributed by atoms with Crippen molar-refractivity contribution in [1.82, 2.24) is 9.88 Å². The molecule has 1 amide bonds. The van der Waals surface area contributed by atoms with Crippen LogP contribution in [0.2, 0.25) is 10.0 Å². The Balaban J connectivity index is 1.75. The van der Waals surface area contributed by atoms with Gasteiger partial charge in [0.1, 0.15) is 5.82 Å². The molecule has 1 fully saturated rings. The Labute approximate surface area is 173 Å². The first-order valence-corrected chi connectivity index (χ1v) is 9.39. The zero-order valence-corrected chi connectivity index (χ0v) is 17.4. The van der Waals surface area contributed by atoms with Gasteiger partial charge in [-0.15, -0.1) is 0 Å². The Hall–Kier alpha value is -2.38. The number of anilines is 1. The van der Waals surface area contributed by atoms with Crippen LogP contribution in [0.4, 0.5) is 5.82 Å². The van der Waals surface area contributed by atoms with Gasteiger partial charge in [-0.05, 0) is 18.2 Å². The van der Waals surface area contributed by atoms with Crippen LogP contribution in [0.25, 0.3) is 0 Å². The maximum absolute atomic E-state index is 13.0. The third kappa shape index (κ3) is 4.05. The Bertz CT molecular complexity index is 845. The second-order valence-electron chi connectivity index (χ2n) is 6.15. The van der Waals surface area contributed by atoms with Crippen LogP contribution in [-0.4, -0.2) is 63.3 Å². The number of ether oxygens (including phenoxy) is 3. The van der Waals surface area contributed by atoms with Gasteiger partial charge in [0.05, 0.1) is 31.4 Å². The van der Waals surface area contributed by atoms with Crippen LogP contribution in [0.15, 0.2) is 24.4 Å². The molecular formula is C19H21Cl2N3O4. The van der Waals surface area contributed by atoms with Crippen molar-refractivity contribution in [3.8, 4) is 17.2 Å². The summed E-state index contributed by atoms with van der Waals surface area (Å²) < 4.78 is 16.0. The van der Waals surface area contributed by atoms with Crippen LogP contribution in [-0.2, 0) is 0 Å². The van der Waals surface area contributed by atoms with Gasteiger partial charge in [-0.3, -0.25) is 4.79 Å². The third-order valence-corrected chi connectivity index (χ3v) is 5.05. The second kappa shape index (κ2) is 8.75. The van der Waals surface area contributed by atoms with E-state index in [1.54, 1.807) is 29.3 Å². The van der Waals surface area contributed by atoms with Gasteiger partial charge in [0.25, 0.3) is 5.91 Å². The minimum Gasteiger partial charge on any atom is -0.493 e. The fraction of sp³-hybridized carbons (Fsp3) is 0.368. The number of aromatic nitrogens is 1. The quantitative estimate of drug-likeness (QED) is 0.731. The number of hydrogen-bond acceptors (Lipinski definition) is 6. The monoisotopic (exact) mass is 425 g/mol. The molecule has 2 aromatic rings.